The number of hydrogen-bond acceptors (Lipinski definition) is 2. The standard InChI is InChI=1S/C18H12F5NO2/c1-3-24(10-6-4-9(19)5-7-10)18(25)11-8(2)26-17-12(11)13(20)14(21)15(22)16(17)23/h4-7H,3H2,1-2H3. The molecule has 0 fully saturated rings. The molecule has 1 amide bonds. The number of halogens is 5. The van der Waals surface area contributed by atoms with E-state index in [1.807, 2.05) is 0 Å². The molecule has 0 atom stereocenters. The minimum atomic E-state index is -2.03. The Morgan fingerprint density at radius 1 is 0.962 bits per heavy atom. The van der Waals surface area contributed by atoms with Gasteiger partial charge in [0.15, 0.2) is 17.2 Å². The zero-order chi connectivity index (χ0) is 19.2. The van der Waals surface area contributed by atoms with E-state index in [4.69, 9.17) is 4.42 Å². The van der Waals surface area contributed by atoms with Crippen molar-refractivity contribution in [3.63, 3.8) is 0 Å². The monoisotopic (exact) mass is 369 g/mol. The fraction of sp³-hybridized carbons (Fsp3) is 0.167. The molecule has 136 valence electrons. The summed E-state index contributed by atoms with van der Waals surface area (Å²) in [6.45, 7) is 2.96. The Morgan fingerprint density at radius 3 is 2.12 bits per heavy atom. The van der Waals surface area contributed by atoms with Crippen molar-refractivity contribution in [2.24, 2.45) is 0 Å². The smallest absolute Gasteiger partial charge is 0.262 e. The van der Waals surface area contributed by atoms with E-state index in [1.54, 1.807) is 6.92 Å². The van der Waals surface area contributed by atoms with Crippen LogP contribution >= 0.6 is 0 Å². The highest BCUT2D eigenvalue weighted by molar-refractivity contribution is 6.14. The van der Waals surface area contributed by atoms with E-state index in [9.17, 15) is 26.7 Å². The van der Waals surface area contributed by atoms with Gasteiger partial charge in [0.1, 0.15) is 11.6 Å². The average molecular weight is 369 g/mol. The number of amides is 1. The second-order valence-corrected chi connectivity index (χ2v) is 5.52. The number of hydrogen-bond donors (Lipinski definition) is 0. The molecule has 0 aliphatic carbocycles. The van der Waals surface area contributed by atoms with Crippen LogP contribution in [0, 0.1) is 36.0 Å². The fourth-order valence-corrected chi connectivity index (χ4v) is 2.77. The summed E-state index contributed by atoms with van der Waals surface area (Å²) in [6.07, 6.45) is 0. The fourth-order valence-electron chi connectivity index (χ4n) is 2.77. The molecule has 0 N–H and O–H groups in total. The quantitative estimate of drug-likeness (QED) is 0.365. The molecule has 3 rings (SSSR count). The second kappa shape index (κ2) is 6.44. The number of benzene rings is 2. The molecule has 2 aromatic carbocycles. The zero-order valence-corrected chi connectivity index (χ0v) is 13.7. The summed E-state index contributed by atoms with van der Waals surface area (Å²) in [5.74, 6) is -9.02. The summed E-state index contributed by atoms with van der Waals surface area (Å²) < 4.78 is 73.3. The predicted molar refractivity (Wildman–Crippen MR) is 84.5 cm³/mol. The largest absolute Gasteiger partial charge is 0.457 e. The van der Waals surface area contributed by atoms with Crippen LogP contribution in [-0.2, 0) is 0 Å². The first-order valence-electron chi connectivity index (χ1n) is 7.60. The molecule has 0 radical (unpaired) electrons. The van der Waals surface area contributed by atoms with Crippen LogP contribution < -0.4 is 4.90 Å². The second-order valence-electron chi connectivity index (χ2n) is 5.52. The van der Waals surface area contributed by atoms with Crippen molar-refractivity contribution < 1.29 is 31.2 Å². The topological polar surface area (TPSA) is 33.5 Å². The molecule has 1 heterocycles. The Morgan fingerprint density at radius 2 is 1.54 bits per heavy atom. The van der Waals surface area contributed by atoms with Crippen LogP contribution in [0.2, 0.25) is 0 Å². The van der Waals surface area contributed by atoms with Gasteiger partial charge in [-0.25, -0.2) is 17.6 Å². The first kappa shape index (κ1) is 17.9. The molecule has 3 aromatic rings. The summed E-state index contributed by atoms with van der Waals surface area (Å²) in [5, 5.41) is -0.774. The van der Waals surface area contributed by atoms with Crippen molar-refractivity contribution >= 4 is 22.6 Å². The number of furan rings is 1. The zero-order valence-electron chi connectivity index (χ0n) is 13.7. The highest BCUT2D eigenvalue weighted by Gasteiger charge is 2.31. The number of carbonyl (C=O) groups is 1. The van der Waals surface area contributed by atoms with Crippen molar-refractivity contribution in [3.8, 4) is 0 Å². The van der Waals surface area contributed by atoms with E-state index in [0.717, 1.165) is 17.0 Å². The molecular weight excluding hydrogens is 357 g/mol. The number of carbonyl (C=O) groups excluding carboxylic acids is 1. The maximum absolute atomic E-state index is 14.2. The number of nitrogens with zero attached hydrogens (tertiary/aromatic N) is 1. The van der Waals surface area contributed by atoms with Crippen LogP contribution in [0.1, 0.15) is 23.0 Å². The van der Waals surface area contributed by atoms with E-state index in [-0.39, 0.29) is 18.0 Å². The molecule has 0 aliphatic heterocycles. The van der Waals surface area contributed by atoms with Crippen LogP contribution in [0.4, 0.5) is 27.6 Å². The van der Waals surface area contributed by atoms with Crippen molar-refractivity contribution in [2.45, 2.75) is 13.8 Å². The van der Waals surface area contributed by atoms with Gasteiger partial charge >= 0.3 is 0 Å². The number of aryl methyl sites for hydroxylation is 1. The molecule has 0 unspecified atom stereocenters. The Hall–Kier alpha value is -2.90. The van der Waals surface area contributed by atoms with Gasteiger partial charge in [-0.05, 0) is 38.1 Å². The first-order valence-corrected chi connectivity index (χ1v) is 7.60. The molecule has 0 saturated carbocycles. The number of rotatable bonds is 3. The molecular formula is C18H12F5NO2. The molecule has 0 spiro atoms. The van der Waals surface area contributed by atoms with E-state index in [2.05, 4.69) is 0 Å². The summed E-state index contributed by atoms with van der Waals surface area (Å²) >= 11 is 0. The normalized spacial score (nSPS) is 11.2. The Labute approximate surface area is 144 Å². The summed E-state index contributed by atoms with van der Waals surface area (Å²) in [7, 11) is 0. The first-order chi connectivity index (χ1) is 12.3. The predicted octanol–water partition coefficient (Wildman–Crippen LogP) is 5.10. The SMILES string of the molecule is CCN(C(=O)c1c(C)oc2c(F)c(F)c(F)c(F)c12)c1ccc(F)cc1. The lowest BCUT2D eigenvalue weighted by atomic mass is 10.1. The lowest BCUT2D eigenvalue weighted by molar-refractivity contribution is 0.0988. The van der Waals surface area contributed by atoms with Gasteiger partial charge in [0.2, 0.25) is 11.6 Å². The van der Waals surface area contributed by atoms with Gasteiger partial charge < -0.3 is 9.32 Å². The number of fused-ring (bicyclic) bond motifs is 1. The third-order valence-electron chi connectivity index (χ3n) is 3.99. The maximum atomic E-state index is 14.2. The van der Waals surface area contributed by atoms with Crippen LogP contribution in [0.15, 0.2) is 28.7 Å². The Kier molecular flexibility index (Phi) is 4.43. The number of anilines is 1. The summed E-state index contributed by atoms with van der Waals surface area (Å²) in [6, 6.07) is 4.90. The van der Waals surface area contributed by atoms with Crippen LogP contribution in [-0.4, -0.2) is 12.5 Å². The maximum Gasteiger partial charge on any atom is 0.262 e. The minimum absolute atomic E-state index is 0.102. The minimum Gasteiger partial charge on any atom is -0.457 e. The van der Waals surface area contributed by atoms with Gasteiger partial charge in [0.25, 0.3) is 5.91 Å². The van der Waals surface area contributed by atoms with Crippen LogP contribution in [0.3, 0.4) is 0 Å². The van der Waals surface area contributed by atoms with Crippen LogP contribution in [0.25, 0.3) is 11.0 Å². The van der Waals surface area contributed by atoms with Gasteiger partial charge in [-0.3, -0.25) is 4.79 Å². The van der Waals surface area contributed by atoms with Crippen molar-refractivity contribution in [3.05, 3.63) is 64.7 Å². The van der Waals surface area contributed by atoms with Gasteiger partial charge in [-0.1, -0.05) is 0 Å². The Balaban J connectivity index is 2.22. The van der Waals surface area contributed by atoms with Gasteiger partial charge in [-0.15, -0.1) is 0 Å². The molecule has 0 saturated heterocycles. The van der Waals surface area contributed by atoms with Gasteiger partial charge in [0, 0.05) is 12.2 Å². The molecule has 0 bridgehead atoms. The summed E-state index contributed by atoms with van der Waals surface area (Å²) in [4.78, 5) is 14.0. The van der Waals surface area contributed by atoms with Crippen molar-refractivity contribution in [2.75, 3.05) is 11.4 Å². The average Bonchev–Trinajstić information content (AvgIpc) is 2.97. The third kappa shape index (κ3) is 2.61. The molecule has 0 aliphatic rings. The third-order valence-corrected chi connectivity index (χ3v) is 3.99. The lowest BCUT2D eigenvalue weighted by Gasteiger charge is -2.21. The van der Waals surface area contributed by atoms with Crippen molar-refractivity contribution in [1.82, 2.24) is 0 Å². The van der Waals surface area contributed by atoms with Crippen molar-refractivity contribution in [1.29, 1.82) is 0 Å². The molecule has 8 heteroatoms. The highest BCUT2D eigenvalue weighted by atomic mass is 19.2. The summed E-state index contributed by atoms with van der Waals surface area (Å²) in [5.41, 5.74) is -1.02. The van der Waals surface area contributed by atoms with E-state index in [1.165, 1.54) is 19.1 Å². The highest BCUT2D eigenvalue weighted by Crippen LogP contribution is 2.34. The molecule has 3 nitrogen and oxygen atoms in total. The van der Waals surface area contributed by atoms with E-state index in [0.29, 0.717) is 0 Å². The van der Waals surface area contributed by atoms with E-state index < -0.39 is 51.5 Å². The lowest BCUT2D eigenvalue weighted by Crippen LogP contribution is -2.31. The molecule has 1 aromatic heterocycles. The molecule has 26 heavy (non-hydrogen) atoms. The van der Waals surface area contributed by atoms with Gasteiger partial charge in [-0.2, -0.15) is 4.39 Å². The van der Waals surface area contributed by atoms with E-state index >= 15 is 0 Å². The van der Waals surface area contributed by atoms with Crippen LogP contribution in [0.5, 0.6) is 0 Å². The van der Waals surface area contributed by atoms with Gasteiger partial charge in [0.05, 0.1) is 10.9 Å². The Bertz CT molecular complexity index is 1010.